The zero-order valence-electron chi connectivity index (χ0n) is 17.7. The van der Waals surface area contributed by atoms with Gasteiger partial charge < -0.3 is 10.6 Å². The number of nitro groups is 1. The summed E-state index contributed by atoms with van der Waals surface area (Å²) in [5.74, 6) is 0.243. The predicted molar refractivity (Wildman–Crippen MR) is 119 cm³/mol. The molecule has 2 N–H and O–H groups in total. The van der Waals surface area contributed by atoms with Crippen LogP contribution in [0.25, 0.3) is 0 Å². The van der Waals surface area contributed by atoms with Gasteiger partial charge in [-0.05, 0) is 37.1 Å². The summed E-state index contributed by atoms with van der Waals surface area (Å²) in [5, 5.41) is 17.9. The van der Waals surface area contributed by atoms with Crippen LogP contribution in [0.2, 0.25) is 0 Å². The molecule has 0 amide bonds. The normalized spacial score (nSPS) is 15.1. The number of hydrogen-bond acceptors (Lipinski definition) is 8. The highest BCUT2D eigenvalue weighted by Gasteiger charge is 2.26. The Morgan fingerprint density at radius 1 is 1.06 bits per heavy atom. The molecule has 0 spiro atoms. The summed E-state index contributed by atoms with van der Waals surface area (Å²) in [6.07, 6.45) is 6.53. The summed E-state index contributed by atoms with van der Waals surface area (Å²) in [4.78, 5) is 19.6. The molecule has 0 saturated heterocycles. The molecule has 11 heteroatoms. The number of anilines is 3. The van der Waals surface area contributed by atoms with Crippen LogP contribution in [0.15, 0.2) is 35.5 Å². The Hall–Kier alpha value is -2.79. The first-order valence-corrected chi connectivity index (χ1v) is 11.9. The summed E-state index contributed by atoms with van der Waals surface area (Å²) < 4.78 is 26.6. The van der Waals surface area contributed by atoms with Crippen LogP contribution in [-0.2, 0) is 10.0 Å². The van der Waals surface area contributed by atoms with Crippen molar-refractivity contribution in [3.05, 3.63) is 40.7 Å². The Morgan fingerprint density at radius 3 is 2.26 bits per heavy atom. The molecule has 0 aliphatic heterocycles. The lowest BCUT2D eigenvalue weighted by Crippen LogP contribution is -2.30. The lowest BCUT2D eigenvalue weighted by molar-refractivity contribution is -0.383. The largest absolute Gasteiger partial charge is 0.361 e. The topological polar surface area (TPSA) is 130 Å². The minimum atomic E-state index is -3.57. The molecule has 1 aliphatic rings. The van der Waals surface area contributed by atoms with Crippen LogP contribution in [0.4, 0.5) is 23.0 Å². The smallest absolute Gasteiger partial charge is 0.353 e. The van der Waals surface area contributed by atoms with Gasteiger partial charge in [-0.2, -0.15) is 4.31 Å². The van der Waals surface area contributed by atoms with Crippen LogP contribution in [0.5, 0.6) is 0 Å². The standard InChI is InChI=1S/C20H28N6O4S/c1-3-25(4-2)31(29,30)17-12-10-16(11-13-17)24-20-18(26(27)28)19(21-14-22-20)23-15-8-6-5-7-9-15/h10-15H,3-9H2,1-2H3,(H2,21,22,23,24). The molecule has 1 aliphatic carbocycles. The number of nitrogens with one attached hydrogen (secondary N) is 2. The minimum absolute atomic E-state index is 0.0534. The summed E-state index contributed by atoms with van der Waals surface area (Å²) in [5.41, 5.74) is 0.261. The van der Waals surface area contributed by atoms with Crippen LogP contribution in [0.1, 0.15) is 46.0 Å². The van der Waals surface area contributed by atoms with Gasteiger partial charge in [-0.3, -0.25) is 10.1 Å². The Labute approximate surface area is 182 Å². The molecule has 1 aromatic heterocycles. The number of benzene rings is 1. The van der Waals surface area contributed by atoms with Crippen molar-refractivity contribution in [2.24, 2.45) is 0 Å². The molecule has 1 heterocycles. The number of nitrogens with zero attached hydrogens (tertiary/aromatic N) is 4. The average molecular weight is 449 g/mol. The van der Waals surface area contributed by atoms with Crippen LogP contribution in [0, 0.1) is 10.1 Å². The van der Waals surface area contributed by atoms with Gasteiger partial charge in [-0.15, -0.1) is 0 Å². The Morgan fingerprint density at radius 2 is 1.68 bits per heavy atom. The summed E-state index contributed by atoms with van der Waals surface area (Å²) in [6, 6.07) is 6.24. The summed E-state index contributed by atoms with van der Waals surface area (Å²) in [7, 11) is -3.57. The van der Waals surface area contributed by atoms with Gasteiger partial charge in [0.2, 0.25) is 21.7 Å². The van der Waals surface area contributed by atoms with E-state index in [4.69, 9.17) is 0 Å². The van der Waals surface area contributed by atoms with Crippen molar-refractivity contribution >= 4 is 33.0 Å². The third-order valence-electron chi connectivity index (χ3n) is 5.41. The zero-order chi connectivity index (χ0) is 22.4. The van der Waals surface area contributed by atoms with Gasteiger partial charge in [-0.1, -0.05) is 33.1 Å². The molecule has 31 heavy (non-hydrogen) atoms. The minimum Gasteiger partial charge on any atom is -0.361 e. The first kappa shape index (κ1) is 22.9. The van der Waals surface area contributed by atoms with Gasteiger partial charge in [0.15, 0.2) is 0 Å². The van der Waals surface area contributed by atoms with Crippen LogP contribution in [0.3, 0.4) is 0 Å². The second-order valence-corrected chi connectivity index (χ2v) is 9.33. The molecule has 3 rings (SSSR count). The van der Waals surface area contributed by atoms with E-state index >= 15 is 0 Å². The second kappa shape index (κ2) is 10.0. The van der Waals surface area contributed by atoms with Gasteiger partial charge in [0.05, 0.1) is 9.82 Å². The highest BCUT2D eigenvalue weighted by molar-refractivity contribution is 7.89. The van der Waals surface area contributed by atoms with Crippen molar-refractivity contribution in [1.82, 2.24) is 14.3 Å². The van der Waals surface area contributed by atoms with Gasteiger partial charge in [0.1, 0.15) is 6.33 Å². The Kier molecular flexibility index (Phi) is 7.39. The van der Waals surface area contributed by atoms with E-state index in [1.54, 1.807) is 26.0 Å². The first-order valence-electron chi connectivity index (χ1n) is 10.5. The first-order chi connectivity index (χ1) is 14.9. The molecule has 1 fully saturated rings. The quantitative estimate of drug-likeness (QED) is 0.436. The van der Waals surface area contributed by atoms with E-state index in [1.807, 2.05) is 0 Å². The van der Waals surface area contributed by atoms with E-state index in [-0.39, 0.29) is 28.3 Å². The summed E-state index contributed by atoms with van der Waals surface area (Å²) in [6.45, 7) is 4.32. The van der Waals surface area contributed by atoms with Gasteiger partial charge in [0, 0.05) is 24.8 Å². The maximum absolute atomic E-state index is 12.6. The van der Waals surface area contributed by atoms with Gasteiger partial charge in [-0.25, -0.2) is 18.4 Å². The molecule has 0 atom stereocenters. The maximum Gasteiger partial charge on any atom is 0.353 e. The molecular formula is C20H28N6O4S. The molecule has 168 valence electrons. The summed E-state index contributed by atoms with van der Waals surface area (Å²) >= 11 is 0. The SMILES string of the molecule is CCN(CC)S(=O)(=O)c1ccc(Nc2ncnc(NC3CCCCC3)c2[N+](=O)[O-])cc1. The Bertz CT molecular complexity index is 1000. The van der Waals surface area contributed by atoms with Gasteiger partial charge >= 0.3 is 5.69 Å². The maximum atomic E-state index is 12.6. The molecule has 1 aromatic carbocycles. The highest BCUT2D eigenvalue weighted by Crippen LogP contribution is 2.33. The third-order valence-corrected chi connectivity index (χ3v) is 7.48. The molecule has 0 unspecified atom stereocenters. The molecule has 2 aromatic rings. The van der Waals surface area contributed by atoms with E-state index < -0.39 is 14.9 Å². The van der Waals surface area contributed by atoms with E-state index in [1.165, 1.54) is 29.2 Å². The molecule has 0 bridgehead atoms. The van der Waals surface area contributed by atoms with E-state index in [0.717, 1.165) is 25.7 Å². The molecule has 1 saturated carbocycles. The van der Waals surface area contributed by atoms with Crippen LogP contribution < -0.4 is 10.6 Å². The van der Waals surface area contributed by atoms with E-state index in [2.05, 4.69) is 20.6 Å². The molecule has 0 radical (unpaired) electrons. The van der Waals surface area contributed by atoms with E-state index in [9.17, 15) is 18.5 Å². The zero-order valence-corrected chi connectivity index (χ0v) is 18.6. The predicted octanol–water partition coefficient (Wildman–Crippen LogP) is 3.90. The van der Waals surface area contributed by atoms with Crippen molar-refractivity contribution in [1.29, 1.82) is 0 Å². The van der Waals surface area contributed by atoms with Crippen molar-refractivity contribution in [2.75, 3.05) is 23.7 Å². The van der Waals surface area contributed by atoms with Crippen LogP contribution >= 0.6 is 0 Å². The fourth-order valence-corrected chi connectivity index (χ4v) is 5.21. The van der Waals surface area contributed by atoms with Gasteiger partial charge in [0.25, 0.3) is 0 Å². The van der Waals surface area contributed by atoms with Crippen molar-refractivity contribution in [3.8, 4) is 0 Å². The second-order valence-electron chi connectivity index (χ2n) is 7.39. The lowest BCUT2D eigenvalue weighted by atomic mass is 9.95. The number of rotatable bonds is 9. The fraction of sp³-hybridized carbons (Fsp3) is 0.500. The van der Waals surface area contributed by atoms with Crippen LogP contribution in [-0.4, -0.2) is 46.7 Å². The van der Waals surface area contributed by atoms with E-state index in [0.29, 0.717) is 18.8 Å². The molecular weight excluding hydrogens is 420 g/mol. The number of sulfonamides is 1. The highest BCUT2D eigenvalue weighted by atomic mass is 32.2. The molecule has 10 nitrogen and oxygen atoms in total. The van der Waals surface area contributed by atoms with Crippen molar-refractivity contribution < 1.29 is 13.3 Å². The average Bonchev–Trinajstić information content (AvgIpc) is 2.75. The number of aromatic nitrogens is 2. The lowest BCUT2D eigenvalue weighted by Gasteiger charge is -2.23. The van der Waals surface area contributed by atoms with Crippen molar-refractivity contribution in [2.45, 2.75) is 56.9 Å². The monoisotopic (exact) mass is 448 g/mol. The Balaban J connectivity index is 1.83. The third kappa shape index (κ3) is 5.28. The van der Waals surface area contributed by atoms with Crippen molar-refractivity contribution in [3.63, 3.8) is 0 Å². The number of hydrogen-bond donors (Lipinski definition) is 2. The fourth-order valence-electron chi connectivity index (χ4n) is 3.75.